The molecule has 2 heterocycles. The van der Waals surface area contributed by atoms with Crippen LogP contribution in [0.2, 0.25) is 0 Å². The van der Waals surface area contributed by atoms with E-state index in [1.165, 1.54) is 0 Å². The SMILES string of the molecule is COCC(NC(=O)c1csc(I)c1)C1CCCO1. The minimum Gasteiger partial charge on any atom is -0.382 e. The van der Waals surface area contributed by atoms with Gasteiger partial charge in [-0.25, -0.2) is 0 Å². The van der Waals surface area contributed by atoms with E-state index < -0.39 is 0 Å². The molecule has 0 spiro atoms. The third-order valence-electron chi connectivity index (χ3n) is 2.91. The van der Waals surface area contributed by atoms with Crippen LogP contribution in [0.4, 0.5) is 0 Å². The van der Waals surface area contributed by atoms with E-state index in [2.05, 4.69) is 27.9 Å². The molecule has 4 nitrogen and oxygen atoms in total. The Kier molecular flexibility index (Phi) is 5.40. The first-order valence-electron chi connectivity index (χ1n) is 5.86. The fourth-order valence-corrected chi connectivity index (χ4v) is 3.35. The Morgan fingerprint density at radius 2 is 2.61 bits per heavy atom. The summed E-state index contributed by atoms with van der Waals surface area (Å²) in [4.78, 5) is 12.1. The number of amides is 1. The van der Waals surface area contributed by atoms with Crippen LogP contribution in [0.25, 0.3) is 0 Å². The Labute approximate surface area is 124 Å². The van der Waals surface area contributed by atoms with Crippen LogP contribution in [0.1, 0.15) is 23.2 Å². The number of methoxy groups -OCH3 is 1. The molecule has 0 aromatic carbocycles. The van der Waals surface area contributed by atoms with E-state index in [4.69, 9.17) is 9.47 Å². The Morgan fingerprint density at radius 1 is 1.78 bits per heavy atom. The average molecular weight is 381 g/mol. The van der Waals surface area contributed by atoms with Crippen molar-refractivity contribution in [2.45, 2.75) is 25.0 Å². The van der Waals surface area contributed by atoms with Crippen LogP contribution in [0, 0.1) is 2.88 Å². The molecule has 1 aromatic rings. The zero-order valence-electron chi connectivity index (χ0n) is 10.1. The maximum absolute atomic E-state index is 12.1. The van der Waals surface area contributed by atoms with Gasteiger partial charge in [-0.2, -0.15) is 0 Å². The number of rotatable bonds is 5. The first-order valence-corrected chi connectivity index (χ1v) is 7.82. The first-order chi connectivity index (χ1) is 8.70. The lowest BCUT2D eigenvalue weighted by molar-refractivity contribution is 0.0403. The maximum Gasteiger partial charge on any atom is 0.252 e. The highest BCUT2D eigenvalue weighted by molar-refractivity contribution is 14.1. The molecule has 2 rings (SSSR count). The molecule has 2 unspecified atom stereocenters. The van der Waals surface area contributed by atoms with E-state index in [1.54, 1.807) is 18.4 Å². The molecule has 1 fully saturated rings. The van der Waals surface area contributed by atoms with Crippen LogP contribution < -0.4 is 5.32 Å². The number of carbonyl (C=O) groups excluding carboxylic acids is 1. The van der Waals surface area contributed by atoms with E-state index in [-0.39, 0.29) is 18.1 Å². The van der Waals surface area contributed by atoms with E-state index >= 15 is 0 Å². The summed E-state index contributed by atoms with van der Waals surface area (Å²) in [5.41, 5.74) is 0.712. The normalized spacial score (nSPS) is 20.9. The second-order valence-electron chi connectivity index (χ2n) is 4.23. The molecule has 100 valence electrons. The minimum absolute atomic E-state index is 0.0493. The second-order valence-corrected chi connectivity index (χ2v) is 7.03. The van der Waals surface area contributed by atoms with Gasteiger partial charge in [0, 0.05) is 19.1 Å². The van der Waals surface area contributed by atoms with Crippen LogP contribution in [-0.2, 0) is 9.47 Å². The fraction of sp³-hybridized carbons (Fsp3) is 0.583. The molecular formula is C12H16INO3S. The summed E-state index contributed by atoms with van der Waals surface area (Å²) in [7, 11) is 1.64. The van der Waals surface area contributed by atoms with Gasteiger partial charge in [0.25, 0.3) is 5.91 Å². The summed E-state index contributed by atoms with van der Waals surface area (Å²) in [6, 6.07) is 1.82. The summed E-state index contributed by atoms with van der Waals surface area (Å²) >= 11 is 3.78. The molecule has 18 heavy (non-hydrogen) atoms. The number of ether oxygens (including phenoxy) is 2. The molecule has 1 aliphatic rings. The molecule has 1 saturated heterocycles. The monoisotopic (exact) mass is 381 g/mol. The molecule has 0 saturated carbocycles. The van der Waals surface area contributed by atoms with Gasteiger partial charge in [-0.05, 0) is 41.5 Å². The van der Waals surface area contributed by atoms with E-state index in [9.17, 15) is 4.79 Å². The van der Waals surface area contributed by atoms with Gasteiger partial charge in [-0.15, -0.1) is 11.3 Å². The van der Waals surface area contributed by atoms with Gasteiger partial charge < -0.3 is 14.8 Å². The molecule has 6 heteroatoms. The number of hydrogen-bond acceptors (Lipinski definition) is 4. The Bertz CT molecular complexity index is 404. The number of carbonyl (C=O) groups is 1. The molecule has 1 aliphatic heterocycles. The second kappa shape index (κ2) is 6.83. The quantitative estimate of drug-likeness (QED) is 0.797. The van der Waals surface area contributed by atoms with Crippen LogP contribution >= 0.6 is 33.9 Å². The Morgan fingerprint density at radius 3 is 3.17 bits per heavy atom. The van der Waals surface area contributed by atoms with E-state index in [0.717, 1.165) is 22.3 Å². The minimum atomic E-state index is -0.0671. The van der Waals surface area contributed by atoms with E-state index in [1.807, 2.05) is 11.4 Å². The summed E-state index contributed by atoms with van der Waals surface area (Å²) in [6.07, 6.45) is 2.11. The number of thiophene rings is 1. The van der Waals surface area contributed by atoms with Gasteiger partial charge in [0.1, 0.15) is 0 Å². The lowest BCUT2D eigenvalue weighted by Gasteiger charge is -2.23. The van der Waals surface area contributed by atoms with Crippen molar-refractivity contribution in [3.8, 4) is 0 Å². The van der Waals surface area contributed by atoms with Crippen molar-refractivity contribution in [3.05, 3.63) is 19.9 Å². The first kappa shape index (κ1) is 14.2. The summed E-state index contributed by atoms with van der Waals surface area (Å²) < 4.78 is 11.9. The zero-order valence-corrected chi connectivity index (χ0v) is 13.1. The summed E-state index contributed by atoms with van der Waals surface area (Å²) in [6.45, 7) is 1.26. The van der Waals surface area contributed by atoms with Crippen molar-refractivity contribution < 1.29 is 14.3 Å². The topological polar surface area (TPSA) is 47.6 Å². The summed E-state index contributed by atoms with van der Waals surface area (Å²) in [5.74, 6) is -0.0493. The molecular weight excluding hydrogens is 365 g/mol. The largest absolute Gasteiger partial charge is 0.382 e. The van der Waals surface area contributed by atoms with Crippen molar-refractivity contribution in [3.63, 3.8) is 0 Å². The van der Waals surface area contributed by atoms with Gasteiger partial charge >= 0.3 is 0 Å². The van der Waals surface area contributed by atoms with Crippen LogP contribution in [0.15, 0.2) is 11.4 Å². The van der Waals surface area contributed by atoms with Gasteiger partial charge in [-0.1, -0.05) is 0 Å². The van der Waals surface area contributed by atoms with Crippen LogP contribution in [-0.4, -0.2) is 38.4 Å². The van der Waals surface area contributed by atoms with Crippen LogP contribution in [0.3, 0.4) is 0 Å². The molecule has 1 amide bonds. The molecule has 0 bridgehead atoms. The molecule has 1 aromatic heterocycles. The summed E-state index contributed by atoms with van der Waals surface area (Å²) in [5, 5.41) is 4.88. The third kappa shape index (κ3) is 3.66. The zero-order chi connectivity index (χ0) is 13.0. The Balaban J connectivity index is 1.97. The molecule has 2 atom stereocenters. The molecule has 1 N–H and O–H groups in total. The van der Waals surface area contributed by atoms with E-state index in [0.29, 0.717) is 12.2 Å². The molecule has 0 aliphatic carbocycles. The number of hydrogen-bond donors (Lipinski definition) is 1. The van der Waals surface area contributed by atoms with Crippen LogP contribution in [0.5, 0.6) is 0 Å². The number of halogens is 1. The average Bonchev–Trinajstić information content (AvgIpc) is 2.98. The Hall–Kier alpha value is -0.180. The standard InChI is InChI=1S/C12H16INO3S/c1-16-6-9(10-3-2-4-17-10)14-12(15)8-5-11(13)18-7-8/h5,7,9-10H,2-4,6H2,1H3,(H,14,15). The highest BCUT2D eigenvalue weighted by Crippen LogP contribution is 2.19. The van der Waals surface area contributed by atoms with Crippen molar-refractivity contribution >= 4 is 39.8 Å². The predicted octanol–water partition coefficient (Wildman–Crippen LogP) is 2.28. The van der Waals surface area contributed by atoms with Crippen molar-refractivity contribution in [2.75, 3.05) is 20.3 Å². The van der Waals surface area contributed by atoms with Crippen molar-refractivity contribution in [1.29, 1.82) is 0 Å². The van der Waals surface area contributed by atoms with Gasteiger partial charge in [0.2, 0.25) is 0 Å². The van der Waals surface area contributed by atoms with Crippen molar-refractivity contribution in [1.82, 2.24) is 5.32 Å². The van der Waals surface area contributed by atoms with Gasteiger partial charge in [0.05, 0.1) is 27.2 Å². The third-order valence-corrected chi connectivity index (χ3v) is 4.70. The predicted molar refractivity (Wildman–Crippen MR) is 79.1 cm³/mol. The number of nitrogens with one attached hydrogen (secondary N) is 1. The van der Waals surface area contributed by atoms with Gasteiger partial charge in [-0.3, -0.25) is 4.79 Å². The highest BCUT2D eigenvalue weighted by Gasteiger charge is 2.27. The highest BCUT2D eigenvalue weighted by atomic mass is 127. The fourth-order valence-electron chi connectivity index (χ4n) is 2.02. The van der Waals surface area contributed by atoms with Crippen molar-refractivity contribution in [2.24, 2.45) is 0 Å². The van der Waals surface area contributed by atoms with Gasteiger partial charge in [0.15, 0.2) is 0 Å². The smallest absolute Gasteiger partial charge is 0.252 e. The maximum atomic E-state index is 12.1. The lowest BCUT2D eigenvalue weighted by Crippen LogP contribution is -2.46. The molecule has 0 radical (unpaired) electrons. The lowest BCUT2D eigenvalue weighted by atomic mass is 10.1.